The van der Waals surface area contributed by atoms with E-state index in [1.54, 1.807) is 29.8 Å². The van der Waals surface area contributed by atoms with Crippen molar-refractivity contribution in [2.45, 2.75) is 13.0 Å². The average molecular weight is 365 g/mol. The molecule has 118 valence electrons. The molecule has 0 radical (unpaired) electrons. The van der Waals surface area contributed by atoms with Gasteiger partial charge in [0.25, 0.3) is 0 Å². The third-order valence-corrected chi connectivity index (χ3v) is 5.17. The normalized spacial score (nSPS) is 11.9. The summed E-state index contributed by atoms with van der Waals surface area (Å²) >= 11 is 9.04. The van der Waals surface area contributed by atoms with E-state index < -0.39 is 6.09 Å². The average Bonchev–Trinajstić information content (AvgIpc) is 3.18. The molecule has 3 heterocycles. The number of hydrogen-bond acceptors (Lipinski definition) is 5. The SMILES string of the molecule is CC(OC(=O)Nc1cc(Cl)sc1-c1cccnc1)c1ccsc1. The van der Waals surface area contributed by atoms with Crippen molar-refractivity contribution in [2.75, 3.05) is 5.32 Å². The van der Waals surface area contributed by atoms with Gasteiger partial charge in [0, 0.05) is 23.5 Å². The van der Waals surface area contributed by atoms with Gasteiger partial charge in [0.15, 0.2) is 0 Å². The van der Waals surface area contributed by atoms with Crippen LogP contribution in [0, 0.1) is 0 Å². The van der Waals surface area contributed by atoms with E-state index in [1.807, 2.05) is 35.9 Å². The first-order valence-corrected chi connectivity index (χ1v) is 8.96. The van der Waals surface area contributed by atoms with Crippen molar-refractivity contribution in [1.29, 1.82) is 0 Å². The van der Waals surface area contributed by atoms with Crippen molar-refractivity contribution in [3.05, 3.63) is 57.3 Å². The fraction of sp³-hybridized carbons (Fsp3) is 0.125. The molecule has 3 aromatic heterocycles. The molecule has 0 aromatic carbocycles. The Hall–Kier alpha value is -1.89. The van der Waals surface area contributed by atoms with E-state index in [1.165, 1.54) is 11.3 Å². The van der Waals surface area contributed by atoms with Gasteiger partial charge in [-0.15, -0.1) is 11.3 Å². The minimum Gasteiger partial charge on any atom is -0.441 e. The molecule has 0 aliphatic heterocycles. The summed E-state index contributed by atoms with van der Waals surface area (Å²) in [4.78, 5) is 17.1. The van der Waals surface area contributed by atoms with Gasteiger partial charge >= 0.3 is 6.09 Å². The third-order valence-electron chi connectivity index (χ3n) is 3.16. The van der Waals surface area contributed by atoms with Crippen LogP contribution >= 0.6 is 34.3 Å². The van der Waals surface area contributed by atoms with E-state index in [0.717, 1.165) is 16.0 Å². The molecule has 1 unspecified atom stereocenters. The number of halogens is 1. The molecule has 0 aliphatic carbocycles. The maximum Gasteiger partial charge on any atom is 0.412 e. The topological polar surface area (TPSA) is 51.2 Å². The lowest BCUT2D eigenvalue weighted by Crippen LogP contribution is -2.15. The van der Waals surface area contributed by atoms with Gasteiger partial charge in [0.1, 0.15) is 6.10 Å². The van der Waals surface area contributed by atoms with Crippen LogP contribution in [0.5, 0.6) is 0 Å². The third kappa shape index (κ3) is 3.90. The first kappa shape index (κ1) is 16.0. The van der Waals surface area contributed by atoms with Crippen LogP contribution in [0.25, 0.3) is 10.4 Å². The zero-order chi connectivity index (χ0) is 16.2. The molecule has 4 nitrogen and oxygen atoms in total. The quantitative estimate of drug-likeness (QED) is 0.633. The molecule has 1 atom stereocenters. The lowest BCUT2D eigenvalue weighted by Gasteiger charge is -2.13. The van der Waals surface area contributed by atoms with Crippen molar-refractivity contribution in [3.63, 3.8) is 0 Å². The monoisotopic (exact) mass is 364 g/mol. The summed E-state index contributed by atoms with van der Waals surface area (Å²) in [5.74, 6) is 0. The zero-order valence-corrected chi connectivity index (χ0v) is 14.5. The number of nitrogens with zero attached hydrogens (tertiary/aromatic N) is 1. The molecule has 0 aliphatic rings. The smallest absolute Gasteiger partial charge is 0.412 e. The zero-order valence-electron chi connectivity index (χ0n) is 12.2. The van der Waals surface area contributed by atoms with E-state index in [4.69, 9.17) is 16.3 Å². The summed E-state index contributed by atoms with van der Waals surface area (Å²) in [6.45, 7) is 1.84. The molecule has 3 rings (SSSR count). The van der Waals surface area contributed by atoms with Gasteiger partial charge in [-0.2, -0.15) is 11.3 Å². The second kappa shape index (κ2) is 7.12. The maximum absolute atomic E-state index is 12.1. The van der Waals surface area contributed by atoms with Gasteiger partial charge in [-0.05, 0) is 35.9 Å². The Kier molecular flexibility index (Phi) is 4.95. The largest absolute Gasteiger partial charge is 0.441 e. The number of hydrogen-bond donors (Lipinski definition) is 1. The summed E-state index contributed by atoms with van der Waals surface area (Å²) in [6, 6.07) is 7.40. The molecule has 0 saturated heterocycles. The number of aromatic nitrogens is 1. The molecular weight excluding hydrogens is 352 g/mol. The van der Waals surface area contributed by atoms with Gasteiger partial charge in [-0.25, -0.2) is 4.79 Å². The van der Waals surface area contributed by atoms with E-state index >= 15 is 0 Å². The number of carbonyl (C=O) groups excluding carboxylic acids is 1. The van der Waals surface area contributed by atoms with Crippen molar-refractivity contribution in [1.82, 2.24) is 4.98 Å². The first-order valence-electron chi connectivity index (χ1n) is 6.83. The van der Waals surface area contributed by atoms with Crippen LogP contribution in [-0.4, -0.2) is 11.1 Å². The predicted octanol–water partition coefficient (Wildman–Crippen LogP) is 5.83. The highest BCUT2D eigenvalue weighted by Gasteiger charge is 2.16. The fourth-order valence-electron chi connectivity index (χ4n) is 2.04. The number of carbonyl (C=O) groups is 1. The maximum atomic E-state index is 12.1. The van der Waals surface area contributed by atoms with E-state index in [2.05, 4.69) is 10.3 Å². The van der Waals surface area contributed by atoms with Crippen LogP contribution in [0.2, 0.25) is 4.34 Å². The summed E-state index contributed by atoms with van der Waals surface area (Å²) in [7, 11) is 0. The number of ether oxygens (including phenoxy) is 1. The van der Waals surface area contributed by atoms with Gasteiger partial charge in [0.05, 0.1) is 14.9 Å². The number of rotatable bonds is 4. The van der Waals surface area contributed by atoms with Crippen LogP contribution in [0.15, 0.2) is 47.4 Å². The molecule has 7 heteroatoms. The lowest BCUT2D eigenvalue weighted by atomic mass is 10.2. The predicted molar refractivity (Wildman–Crippen MR) is 95.4 cm³/mol. The molecule has 0 spiro atoms. The van der Waals surface area contributed by atoms with Gasteiger partial charge in [0.2, 0.25) is 0 Å². The number of anilines is 1. The van der Waals surface area contributed by atoms with Crippen molar-refractivity contribution in [3.8, 4) is 10.4 Å². The highest BCUT2D eigenvalue weighted by molar-refractivity contribution is 7.20. The Bertz CT molecular complexity index is 788. The van der Waals surface area contributed by atoms with E-state index in [9.17, 15) is 4.79 Å². The Balaban J connectivity index is 1.74. The standard InChI is InChI=1S/C16H13ClN2O2S2/c1-10(12-4-6-22-9-12)21-16(20)19-13-7-14(17)23-15(13)11-3-2-5-18-8-11/h2-10H,1H3,(H,19,20). The second-order valence-corrected chi connectivity index (χ2v) is 7.23. The minimum atomic E-state index is -0.511. The van der Waals surface area contributed by atoms with Crippen LogP contribution in [-0.2, 0) is 4.74 Å². The van der Waals surface area contributed by atoms with Crippen LogP contribution in [0.3, 0.4) is 0 Å². The Morgan fingerprint density at radius 1 is 1.43 bits per heavy atom. The fourth-order valence-corrected chi connectivity index (χ4v) is 3.95. The molecule has 0 fully saturated rings. The Labute approximate surface area is 146 Å². The highest BCUT2D eigenvalue weighted by atomic mass is 35.5. The van der Waals surface area contributed by atoms with Crippen LogP contribution < -0.4 is 5.32 Å². The summed E-state index contributed by atoms with van der Waals surface area (Å²) in [5, 5.41) is 6.67. The molecule has 23 heavy (non-hydrogen) atoms. The summed E-state index contributed by atoms with van der Waals surface area (Å²) < 4.78 is 5.99. The number of pyridine rings is 1. The Morgan fingerprint density at radius 2 is 2.30 bits per heavy atom. The molecule has 1 amide bonds. The van der Waals surface area contributed by atoms with Crippen molar-refractivity contribution < 1.29 is 9.53 Å². The van der Waals surface area contributed by atoms with Crippen LogP contribution in [0.4, 0.5) is 10.5 Å². The summed E-state index contributed by atoms with van der Waals surface area (Å²) in [5.41, 5.74) is 2.49. The molecule has 3 aromatic rings. The van der Waals surface area contributed by atoms with Gasteiger partial charge in [-0.3, -0.25) is 10.3 Å². The number of thiophene rings is 2. The van der Waals surface area contributed by atoms with E-state index in [0.29, 0.717) is 10.0 Å². The Morgan fingerprint density at radius 3 is 3.00 bits per heavy atom. The molecule has 0 saturated carbocycles. The summed E-state index contributed by atoms with van der Waals surface area (Å²) in [6.07, 6.45) is 2.61. The number of amides is 1. The lowest BCUT2D eigenvalue weighted by molar-refractivity contribution is 0.121. The molecule has 0 bridgehead atoms. The molecule has 1 N–H and O–H groups in total. The highest BCUT2D eigenvalue weighted by Crippen LogP contribution is 2.39. The molecular formula is C16H13ClN2O2S2. The van der Waals surface area contributed by atoms with E-state index in [-0.39, 0.29) is 6.10 Å². The minimum absolute atomic E-state index is 0.308. The van der Waals surface area contributed by atoms with Crippen LogP contribution in [0.1, 0.15) is 18.6 Å². The van der Waals surface area contributed by atoms with Crippen molar-refractivity contribution in [2.24, 2.45) is 0 Å². The van der Waals surface area contributed by atoms with Crippen molar-refractivity contribution >= 4 is 46.1 Å². The first-order chi connectivity index (χ1) is 11.1. The second-order valence-electron chi connectivity index (χ2n) is 4.76. The number of nitrogens with one attached hydrogen (secondary N) is 1. The van der Waals surface area contributed by atoms with Gasteiger partial charge < -0.3 is 4.74 Å². The van der Waals surface area contributed by atoms with Gasteiger partial charge in [-0.1, -0.05) is 17.7 Å².